The molecule has 1 saturated heterocycles. The number of nitrogen functional groups attached to an aromatic ring is 1. The highest BCUT2D eigenvalue weighted by atomic mass is 35.5. The molecule has 2 N–H and O–H groups in total. The lowest BCUT2D eigenvalue weighted by Crippen LogP contribution is -2.28. The minimum atomic E-state index is 0. The van der Waals surface area contributed by atoms with E-state index in [2.05, 4.69) is 35.9 Å². The number of rotatable bonds is 6. The first-order valence-corrected chi connectivity index (χ1v) is 7.42. The van der Waals surface area contributed by atoms with Gasteiger partial charge in [0.1, 0.15) is 0 Å². The molecule has 1 aliphatic rings. The maximum Gasteiger partial charge on any atom is 0.0317 e. The molecule has 1 unspecified atom stereocenters. The van der Waals surface area contributed by atoms with Gasteiger partial charge in [-0.3, -0.25) is 4.90 Å². The predicted molar refractivity (Wildman–Crippen MR) is 96.5 cm³/mol. The SMILES string of the molecule is CCCN(C)CC1CCN(Cc2cccc(N)c2)C1.Cl.Cl. The molecule has 0 saturated carbocycles. The zero-order valence-corrected chi connectivity index (χ0v) is 14.8. The van der Waals surface area contributed by atoms with Crippen molar-refractivity contribution in [2.75, 3.05) is 39.0 Å². The van der Waals surface area contributed by atoms with Crippen LogP contribution in [0, 0.1) is 5.92 Å². The van der Waals surface area contributed by atoms with Crippen molar-refractivity contribution in [3.63, 3.8) is 0 Å². The second-order valence-electron chi connectivity index (χ2n) is 5.90. The van der Waals surface area contributed by atoms with Crippen molar-refractivity contribution in [1.82, 2.24) is 9.80 Å². The lowest BCUT2D eigenvalue weighted by molar-refractivity contribution is 0.260. The van der Waals surface area contributed by atoms with Gasteiger partial charge in [-0.05, 0) is 56.6 Å². The predicted octanol–water partition coefficient (Wildman–Crippen LogP) is 3.28. The molecule has 122 valence electrons. The van der Waals surface area contributed by atoms with E-state index in [1.165, 1.54) is 44.6 Å². The summed E-state index contributed by atoms with van der Waals surface area (Å²) in [6.07, 6.45) is 2.58. The maximum atomic E-state index is 5.83. The van der Waals surface area contributed by atoms with Crippen molar-refractivity contribution >= 4 is 30.5 Å². The number of benzene rings is 1. The van der Waals surface area contributed by atoms with E-state index in [0.29, 0.717) is 0 Å². The van der Waals surface area contributed by atoms with Gasteiger partial charge in [0.05, 0.1) is 0 Å². The fraction of sp³-hybridized carbons (Fsp3) is 0.625. The van der Waals surface area contributed by atoms with Crippen LogP contribution in [0.3, 0.4) is 0 Å². The van der Waals surface area contributed by atoms with Gasteiger partial charge in [0.2, 0.25) is 0 Å². The Kier molecular flexibility index (Phi) is 10.0. The molecule has 1 heterocycles. The lowest BCUT2D eigenvalue weighted by Gasteiger charge is -2.21. The van der Waals surface area contributed by atoms with Crippen molar-refractivity contribution in [3.05, 3.63) is 29.8 Å². The summed E-state index contributed by atoms with van der Waals surface area (Å²) in [5.41, 5.74) is 8.04. The highest BCUT2D eigenvalue weighted by molar-refractivity contribution is 5.85. The van der Waals surface area contributed by atoms with Gasteiger partial charge < -0.3 is 10.6 Å². The first-order chi connectivity index (χ1) is 9.17. The second-order valence-corrected chi connectivity index (χ2v) is 5.90. The third-order valence-electron chi connectivity index (χ3n) is 3.90. The van der Waals surface area contributed by atoms with Crippen molar-refractivity contribution < 1.29 is 0 Å². The van der Waals surface area contributed by atoms with Crippen LogP contribution in [0.25, 0.3) is 0 Å². The summed E-state index contributed by atoms with van der Waals surface area (Å²) in [4.78, 5) is 5.02. The van der Waals surface area contributed by atoms with Gasteiger partial charge in [0.15, 0.2) is 0 Å². The fourth-order valence-electron chi connectivity index (χ4n) is 3.07. The van der Waals surface area contributed by atoms with Gasteiger partial charge in [0, 0.05) is 25.3 Å². The van der Waals surface area contributed by atoms with Gasteiger partial charge in [-0.2, -0.15) is 0 Å². The van der Waals surface area contributed by atoms with E-state index in [9.17, 15) is 0 Å². The average molecular weight is 334 g/mol. The van der Waals surface area contributed by atoms with Gasteiger partial charge in [-0.1, -0.05) is 19.1 Å². The minimum Gasteiger partial charge on any atom is -0.399 e. The van der Waals surface area contributed by atoms with Gasteiger partial charge >= 0.3 is 0 Å². The van der Waals surface area contributed by atoms with Crippen LogP contribution < -0.4 is 5.73 Å². The van der Waals surface area contributed by atoms with Gasteiger partial charge in [-0.15, -0.1) is 24.8 Å². The highest BCUT2D eigenvalue weighted by Gasteiger charge is 2.23. The Hall–Kier alpha value is -0.480. The van der Waals surface area contributed by atoms with Gasteiger partial charge in [0.25, 0.3) is 0 Å². The van der Waals surface area contributed by atoms with E-state index >= 15 is 0 Å². The van der Waals surface area contributed by atoms with E-state index in [0.717, 1.165) is 18.2 Å². The molecule has 1 aromatic rings. The summed E-state index contributed by atoms with van der Waals surface area (Å²) in [5.74, 6) is 0.831. The van der Waals surface area contributed by atoms with Crippen LogP contribution in [-0.4, -0.2) is 43.0 Å². The summed E-state index contributed by atoms with van der Waals surface area (Å²) in [6.45, 7) is 8.19. The minimum absolute atomic E-state index is 0. The molecular formula is C16H29Cl2N3. The van der Waals surface area contributed by atoms with E-state index in [1.54, 1.807) is 0 Å². The first kappa shape index (κ1) is 20.5. The summed E-state index contributed by atoms with van der Waals surface area (Å²) < 4.78 is 0. The Morgan fingerprint density at radius 1 is 1.33 bits per heavy atom. The first-order valence-electron chi connectivity index (χ1n) is 7.42. The monoisotopic (exact) mass is 333 g/mol. The van der Waals surface area contributed by atoms with E-state index in [1.807, 2.05) is 12.1 Å². The molecule has 2 rings (SSSR count). The van der Waals surface area contributed by atoms with Crippen molar-refractivity contribution in [2.45, 2.75) is 26.3 Å². The highest BCUT2D eigenvalue weighted by Crippen LogP contribution is 2.20. The van der Waals surface area contributed by atoms with Crippen LogP contribution in [0.15, 0.2) is 24.3 Å². The molecule has 21 heavy (non-hydrogen) atoms. The molecular weight excluding hydrogens is 305 g/mol. The molecule has 0 radical (unpaired) electrons. The summed E-state index contributed by atoms with van der Waals surface area (Å²) >= 11 is 0. The third-order valence-corrected chi connectivity index (χ3v) is 3.90. The number of nitrogens with two attached hydrogens (primary N) is 1. The average Bonchev–Trinajstić information content (AvgIpc) is 2.76. The number of halogens is 2. The van der Waals surface area contributed by atoms with Crippen LogP contribution in [0.4, 0.5) is 5.69 Å². The molecule has 0 aromatic heterocycles. The molecule has 3 nitrogen and oxygen atoms in total. The zero-order valence-electron chi connectivity index (χ0n) is 13.1. The molecule has 0 amide bonds. The van der Waals surface area contributed by atoms with E-state index < -0.39 is 0 Å². The fourth-order valence-corrected chi connectivity index (χ4v) is 3.07. The maximum absolute atomic E-state index is 5.83. The number of likely N-dealkylation sites (tertiary alicyclic amines) is 1. The smallest absolute Gasteiger partial charge is 0.0317 e. The molecule has 0 spiro atoms. The summed E-state index contributed by atoms with van der Waals surface area (Å²) in [5, 5.41) is 0. The molecule has 0 aliphatic carbocycles. The third kappa shape index (κ3) is 6.88. The number of hydrogen-bond acceptors (Lipinski definition) is 3. The Labute approximate surface area is 141 Å². The van der Waals surface area contributed by atoms with Crippen LogP contribution in [-0.2, 0) is 6.54 Å². The Balaban J connectivity index is 0.00000200. The molecule has 1 atom stereocenters. The number of anilines is 1. The zero-order chi connectivity index (χ0) is 13.7. The molecule has 1 aromatic carbocycles. The quantitative estimate of drug-likeness (QED) is 0.811. The number of nitrogens with zero attached hydrogens (tertiary/aromatic N) is 2. The Morgan fingerprint density at radius 3 is 2.76 bits per heavy atom. The Bertz CT molecular complexity index is 401. The van der Waals surface area contributed by atoms with Crippen molar-refractivity contribution in [2.24, 2.45) is 5.92 Å². The summed E-state index contributed by atoms with van der Waals surface area (Å²) in [7, 11) is 2.24. The molecule has 1 aliphatic heterocycles. The molecule has 5 heteroatoms. The van der Waals surface area contributed by atoms with Crippen molar-refractivity contribution in [3.8, 4) is 0 Å². The lowest BCUT2D eigenvalue weighted by atomic mass is 10.1. The van der Waals surface area contributed by atoms with Crippen LogP contribution >= 0.6 is 24.8 Å². The normalized spacial score (nSPS) is 18.3. The van der Waals surface area contributed by atoms with E-state index in [-0.39, 0.29) is 24.8 Å². The Morgan fingerprint density at radius 2 is 2.10 bits per heavy atom. The summed E-state index contributed by atoms with van der Waals surface area (Å²) in [6, 6.07) is 8.27. The van der Waals surface area contributed by atoms with E-state index in [4.69, 9.17) is 5.73 Å². The van der Waals surface area contributed by atoms with Crippen LogP contribution in [0.5, 0.6) is 0 Å². The van der Waals surface area contributed by atoms with Crippen LogP contribution in [0.2, 0.25) is 0 Å². The number of hydrogen-bond donors (Lipinski definition) is 1. The standard InChI is InChI=1S/C16H27N3.2ClH/c1-3-8-18(2)11-15-7-9-19(13-15)12-14-5-4-6-16(17)10-14;;/h4-6,10,15H,3,7-9,11-13,17H2,1-2H3;2*1H. The van der Waals surface area contributed by atoms with Gasteiger partial charge in [-0.25, -0.2) is 0 Å². The van der Waals surface area contributed by atoms with Crippen molar-refractivity contribution in [1.29, 1.82) is 0 Å². The largest absolute Gasteiger partial charge is 0.399 e. The molecule has 0 bridgehead atoms. The van der Waals surface area contributed by atoms with Crippen LogP contribution in [0.1, 0.15) is 25.3 Å². The topological polar surface area (TPSA) is 32.5 Å². The second kappa shape index (κ2) is 10.3. The molecule has 1 fully saturated rings.